The van der Waals surface area contributed by atoms with Crippen LogP contribution in [0.2, 0.25) is 0 Å². The van der Waals surface area contributed by atoms with Gasteiger partial charge in [-0.2, -0.15) is 0 Å². The van der Waals surface area contributed by atoms with Crippen LogP contribution in [0, 0.1) is 0 Å². The Hall–Kier alpha value is -1.89. The van der Waals surface area contributed by atoms with Crippen LogP contribution in [-0.2, 0) is 12.8 Å². The summed E-state index contributed by atoms with van der Waals surface area (Å²) in [5.41, 5.74) is 2.00. The van der Waals surface area contributed by atoms with E-state index in [1.807, 2.05) is 13.8 Å². The Labute approximate surface area is 125 Å². The fourth-order valence-electron chi connectivity index (χ4n) is 1.67. The molecule has 0 spiro atoms. The molecule has 20 heavy (non-hydrogen) atoms. The molecule has 0 aliphatic heterocycles. The number of hydrogen-bond acceptors (Lipinski definition) is 5. The number of amides is 1. The zero-order valence-electron chi connectivity index (χ0n) is 11.2. The summed E-state index contributed by atoms with van der Waals surface area (Å²) in [5.74, 6) is -0.153. The van der Waals surface area contributed by atoms with Crippen molar-refractivity contribution in [3.8, 4) is 0 Å². The van der Waals surface area contributed by atoms with Gasteiger partial charge in [-0.3, -0.25) is 10.1 Å². The number of carbonyl (C=O) groups excluding carboxylic acids is 1. The maximum atomic E-state index is 12.0. The first-order chi connectivity index (χ1) is 9.63. The van der Waals surface area contributed by atoms with Gasteiger partial charge in [0.25, 0.3) is 5.91 Å². The van der Waals surface area contributed by atoms with Gasteiger partial charge in [-0.25, -0.2) is 9.97 Å². The monoisotopic (exact) mass is 335 g/mol. The van der Waals surface area contributed by atoms with Crippen LogP contribution in [-0.4, -0.2) is 26.1 Å². The van der Waals surface area contributed by atoms with Gasteiger partial charge in [0, 0.05) is 10.7 Å². The summed E-state index contributed by atoms with van der Waals surface area (Å²) >= 11 is 3.27. The molecule has 7 heteroatoms. The smallest absolute Gasteiger partial charge is 0.276 e. The first kappa shape index (κ1) is 14.5. The Kier molecular flexibility index (Phi) is 4.73. The summed E-state index contributed by atoms with van der Waals surface area (Å²) in [6.07, 6.45) is 3.08. The predicted octanol–water partition coefficient (Wildman–Crippen LogP) is 2.41. The van der Waals surface area contributed by atoms with Crippen LogP contribution in [0.3, 0.4) is 0 Å². The van der Waals surface area contributed by atoms with Crippen LogP contribution in [0.5, 0.6) is 0 Å². The molecule has 2 aromatic heterocycles. The number of rotatable bonds is 4. The van der Waals surface area contributed by atoms with E-state index in [0.717, 1.165) is 28.7 Å². The van der Waals surface area contributed by atoms with Gasteiger partial charge in [0.05, 0.1) is 11.4 Å². The summed E-state index contributed by atoms with van der Waals surface area (Å²) in [7, 11) is 0. The van der Waals surface area contributed by atoms with Crippen LogP contribution in [0.4, 0.5) is 5.95 Å². The average Bonchev–Trinajstić information content (AvgIpc) is 2.47. The zero-order valence-corrected chi connectivity index (χ0v) is 12.8. The molecule has 2 rings (SSSR count). The van der Waals surface area contributed by atoms with E-state index in [2.05, 4.69) is 41.4 Å². The number of anilines is 1. The highest BCUT2D eigenvalue weighted by atomic mass is 79.9. The number of pyridine rings is 1. The van der Waals surface area contributed by atoms with Crippen molar-refractivity contribution < 1.29 is 4.79 Å². The number of aryl methyl sites for hydroxylation is 2. The van der Waals surface area contributed by atoms with E-state index in [-0.39, 0.29) is 11.9 Å². The molecule has 0 atom stereocenters. The van der Waals surface area contributed by atoms with Crippen molar-refractivity contribution in [3.05, 3.63) is 39.9 Å². The Morgan fingerprint density at radius 2 is 1.95 bits per heavy atom. The number of halogens is 1. The van der Waals surface area contributed by atoms with E-state index in [0.29, 0.717) is 5.69 Å². The third-order valence-corrected chi connectivity index (χ3v) is 3.16. The number of hydrogen-bond donors (Lipinski definition) is 1. The van der Waals surface area contributed by atoms with Crippen molar-refractivity contribution >= 4 is 27.8 Å². The van der Waals surface area contributed by atoms with Gasteiger partial charge in [0.15, 0.2) is 0 Å². The Morgan fingerprint density at radius 3 is 2.55 bits per heavy atom. The molecule has 0 aliphatic rings. The van der Waals surface area contributed by atoms with Gasteiger partial charge < -0.3 is 0 Å². The lowest BCUT2D eigenvalue weighted by Gasteiger charge is -2.06. The van der Waals surface area contributed by atoms with Crippen LogP contribution in [0.25, 0.3) is 0 Å². The van der Waals surface area contributed by atoms with Crippen LogP contribution in [0.15, 0.2) is 22.8 Å². The average molecular weight is 336 g/mol. The largest absolute Gasteiger partial charge is 0.288 e. The van der Waals surface area contributed by atoms with Crippen LogP contribution in [0.1, 0.15) is 35.7 Å². The van der Waals surface area contributed by atoms with Crippen LogP contribution < -0.4 is 5.32 Å². The fourth-order valence-corrected chi connectivity index (χ4v) is 1.90. The highest BCUT2D eigenvalue weighted by Crippen LogP contribution is 2.10. The molecule has 0 saturated carbocycles. The normalized spacial score (nSPS) is 10.3. The SMILES string of the molecule is CCc1nnc(NC(=O)c2ccc(Br)cn2)nc1CC. The van der Waals surface area contributed by atoms with Crippen molar-refractivity contribution in [2.75, 3.05) is 5.32 Å². The lowest BCUT2D eigenvalue weighted by Crippen LogP contribution is -2.17. The van der Waals surface area contributed by atoms with E-state index in [4.69, 9.17) is 0 Å². The quantitative estimate of drug-likeness (QED) is 0.927. The minimum absolute atomic E-state index is 0.203. The van der Waals surface area contributed by atoms with Crippen molar-refractivity contribution in [2.45, 2.75) is 26.7 Å². The number of aromatic nitrogens is 4. The molecule has 6 nitrogen and oxygen atoms in total. The molecular formula is C13H14BrN5O. The second kappa shape index (κ2) is 6.51. The summed E-state index contributed by atoms with van der Waals surface area (Å²) in [6, 6.07) is 3.37. The first-order valence-corrected chi connectivity index (χ1v) is 7.08. The highest BCUT2D eigenvalue weighted by molar-refractivity contribution is 9.10. The lowest BCUT2D eigenvalue weighted by molar-refractivity contribution is 0.102. The number of nitrogens with zero attached hydrogens (tertiary/aromatic N) is 4. The Morgan fingerprint density at radius 1 is 1.20 bits per heavy atom. The Balaban J connectivity index is 2.17. The molecule has 2 aromatic rings. The van der Waals surface area contributed by atoms with Gasteiger partial charge in [-0.05, 0) is 40.9 Å². The van der Waals surface area contributed by atoms with Crippen molar-refractivity contribution in [3.63, 3.8) is 0 Å². The van der Waals surface area contributed by atoms with Gasteiger partial charge in [-0.1, -0.05) is 13.8 Å². The number of carbonyl (C=O) groups is 1. The summed E-state index contributed by atoms with van der Waals surface area (Å²) < 4.78 is 0.813. The van der Waals surface area contributed by atoms with Gasteiger partial charge in [0.2, 0.25) is 5.95 Å². The molecule has 0 unspecified atom stereocenters. The fraction of sp³-hybridized carbons (Fsp3) is 0.308. The van der Waals surface area contributed by atoms with Crippen molar-refractivity contribution in [1.29, 1.82) is 0 Å². The second-order valence-electron chi connectivity index (χ2n) is 4.05. The molecule has 0 bridgehead atoms. The van der Waals surface area contributed by atoms with Crippen LogP contribution >= 0.6 is 15.9 Å². The summed E-state index contributed by atoms with van der Waals surface area (Å²) in [6.45, 7) is 3.99. The molecule has 0 fully saturated rings. The second-order valence-corrected chi connectivity index (χ2v) is 4.97. The molecule has 1 N–H and O–H groups in total. The van der Waals surface area contributed by atoms with E-state index < -0.39 is 0 Å². The number of nitrogens with one attached hydrogen (secondary N) is 1. The van der Waals surface area contributed by atoms with Gasteiger partial charge in [0.1, 0.15) is 5.69 Å². The van der Waals surface area contributed by atoms with Gasteiger partial charge in [-0.15, -0.1) is 10.2 Å². The lowest BCUT2D eigenvalue weighted by atomic mass is 10.2. The standard InChI is InChI=1S/C13H14BrN5O/c1-3-9-10(4-2)18-19-13(16-9)17-12(20)11-6-5-8(14)7-15-11/h5-7H,3-4H2,1-2H3,(H,16,17,19,20). The topological polar surface area (TPSA) is 80.7 Å². The highest BCUT2D eigenvalue weighted by Gasteiger charge is 2.11. The predicted molar refractivity (Wildman–Crippen MR) is 78.5 cm³/mol. The third kappa shape index (κ3) is 3.36. The van der Waals surface area contributed by atoms with E-state index in [1.165, 1.54) is 0 Å². The minimum atomic E-state index is -0.356. The molecule has 0 radical (unpaired) electrons. The van der Waals surface area contributed by atoms with E-state index >= 15 is 0 Å². The minimum Gasteiger partial charge on any atom is -0.288 e. The summed E-state index contributed by atoms with van der Waals surface area (Å²) in [5, 5.41) is 10.6. The maximum absolute atomic E-state index is 12.0. The molecule has 0 aromatic carbocycles. The molecule has 104 valence electrons. The van der Waals surface area contributed by atoms with E-state index in [1.54, 1.807) is 18.3 Å². The van der Waals surface area contributed by atoms with Gasteiger partial charge >= 0.3 is 0 Å². The first-order valence-electron chi connectivity index (χ1n) is 6.29. The maximum Gasteiger partial charge on any atom is 0.276 e. The molecular weight excluding hydrogens is 322 g/mol. The van der Waals surface area contributed by atoms with Crippen molar-refractivity contribution in [2.24, 2.45) is 0 Å². The van der Waals surface area contributed by atoms with Crippen molar-refractivity contribution in [1.82, 2.24) is 20.2 Å². The summed E-state index contributed by atoms with van der Waals surface area (Å²) in [4.78, 5) is 20.3. The molecule has 1 amide bonds. The van der Waals surface area contributed by atoms with E-state index in [9.17, 15) is 4.79 Å². The zero-order chi connectivity index (χ0) is 14.5. The Bertz CT molecular complexity index is 615. The molecule has 0 aliphatic carbocycles. The third-order valence-electron chi connectivity index (χ3n) is 2.69. The molecule has 0 saturated heterocycles. The molecule has 2 heterocycles.